The maximum absolute atomic E-state index is 12.4. The van der Waals surface area contributed by atoms with Crippen LogP contribution in [-0.2, 0) is 28.2 Å². The van der Waals surface area contributed by atoms with Crippen molar-refractivity contribution in [2.45, 2.75) is 200 Å². The lowest BCUT2D eigenvalue weighted by Crippen LogP contribution is -2.29. The maximum Gasteiger partial charge on any atom is 0.469 e. The molecule has 0 aliphatic carbocycles. The Morgan fingerprint density at radius 2 is 0.750 bits per heavy atom. The van der Waals surface area contributed by atoms with Gasteiger partial charge in [0.25, 0.3) is 0 Å². The first-order valence-electron chi connectivity index (χ1n) is 23.5. The third kappa shape index (κ3) is 47.6. The van der Waals surface area contributed by atoms with E-state index in [2.05, 4.69) is 103 Å². The molecule has 0 aliphatic heterocycles. The van der Waals surface area contributed by atoms with Gasteiger partial charge in [0.15, 0.2) is 6.10 Å². The number of allylic oxidation sites excluding steroid dienone is 16. The molecule has 0 saturated heterocycles. The van der Waals surface area contributed by atoms with Crippen LogP contribution in [0.25, 0.3) is 0 Å². The van der Waals surface area contributed by atoms with Crippen LogP contribution < -0.4 is 0 Å². The van der Waals surface area contributed by atoms with Gasteiger partial charge in [-0.1, -0.05) is 188 Å². The van der Waals surface area contributed by atoms with Gasteiger partial charge in [-0.3, -0.25) is 14.1 Å². The predicted octanol–water partition coefficient (Wildman–Crippen LogP) is 15.0. The van der Waals surface area contributed by atoms with Crippen molar-refractivity contribution >= 4 is 19.8 Å². The van der Waals surface area contributed by atoms with Crippen molar-refractivity contribution in [2.75, 3.05) is 13.2 Å². The molecule has 0 aromatic carbocycles. The van der Waals surface area contributed by atoms with Crippen molar-refractivity contribution in [3.63, 3.8) is 0 Å². The quantitative estimate of drug-likeness (QED) is 0.0270. The van der Waals surface area contributed by atoms with Crippen molar-refractivity contribution in [2.24, 2.45) is 0 Å². The zero-order valence-electron chi connectivity index (χ0n) is 37.8. The summed E-state index contributed by atoms with van der Waals surface area (Å²) in [7, 11) is -4.79. The van der Waals surface area contributed by atoms with E-state index in [0.717, 1.165) is 38.5 Å². The molecule has 0 fully saturated rings. The molecule has 0 rings (SSSR count). The van der Waals surface area contributed by atoms with E-state index in [4.69, 9.17) is 19.3 Å². The molecule has 1 atom stereocenters. The normalized spacial score (nSPS) is 13.3. The van der Waals surface area contributed by atoms with Crippen LogP contribution in [0.1, 0.15) is 194 Å². The topological polar surface area (TPSA) is 119 Å². The molecule has 60 heavy (non-hydrogen) atoms. The third-order valence-corrected chi connectivity index (χ3v) is 10.1. The summed E-state index contributed by atoms with van der Waals surface area (Å²) >= 11 is 0. The van der Waals surface area contributed by atoms with E-state index in [1.165, 1.54) is 103 Å². The minimum absolute atomic E-state index is 0.119. The van der Waals surface area contributed by atoms with Crippen LogP contribution in [0.2, 0.25) is 0 Å². The maximum atomic E-state index is 12.4. The Labute approximate surface area is 366 Å². The van der Waals surface area contributed by atoms with Gasteiger partial charge in [-0.2, -0.15) is 0 Å². The lowest BCUT2D eigenvalue weighted by Gasteiger charge is -2.18. The predicted molar refractivity (Wildman–Crippen MR) is 253 cm³/mol. The van der Waals surface area contributed by atoms with Crippen LogP contribution in [0.3, 0.4) is 0 Å². The summed E-state index contributed by atoms with van der Waals surface area (Å²) in [6.07, 6.45) is 62.9. The van der Waals surface area contributed by atoms with Crippen LogP contribution in [0.4, 0.5) is 0 Å². The zero-order chi connectivity index (χ0) is 43.9. The second-order valence-electron chi connectivity index (χ2n) is 15.4. The molecular formula is C51H85O8P. The molecule has 342 valence electrons. The van der Waals surface area contributed by atoms with E-state index in [1.807, 2.05) is 12.2 Å². The Bertz CT molecular complexity index is 1290. The number of unbranched alkanes of at least 4 members (excludes halogenated alkanes) is 16. The van der Waals surface area contributed by atoms with Gasteiger partial charge < -0.3 is 19.3 Å². The average molecular weight is 857 g/mol. The van der Waals surface area contributed by atoms with Crippen LogP contribution in [-0.4, -0.2) is 41.0 Å². The van der Waals surface area contributed by atoms with Crippen molar-refractivity contribution in [1.29, 1.82) is 0 Å². The molecule has 0 radical (unpaired) electrons. The van der Waals surface area contributed by atoms with Gasteiger partial charge in [-0.25, -0.2) is 4.57 Å². The SMILES string of the molecule is CCCCCCCCC/C=C/C/C=C/C/C=C/C/C=C/CCCC(=O)OC[C@H](COP(=O)(O)O)OC(=O)CCC/C=C/C/C=C/C/C=C/C/C=C/CCCCCCCCC. The minimum atomic E-state index is -4.79. The van der Waals surface area contributed by atoms with E-state index in [9.17, 15) is 14.2 Å². The van der Waals surface area contributed by atoms with Crippen molar-refractivity contribution in [3.05, 3.63) is 97.2 Å². The van der Waals surface area contributed by atoms with Gasteiger partial charge in [-0.05, 0) is 89.9 Å². The standard InChI is InChI=1S/C51H85O8P/c1-3-5-7-9-11-13-15-17-19-21-23-25-27-29-31-33-35-37-39-41-43-45-50(52)57-47-49(48-58-60(54,55)56)59-51(53)46-44-42-40-38-36-34-32-30-28-26-24-22-20-18-16-14-12-10-8-6-4-2/h19-22,25-28,31-34,37-40,49H,3-18,23-24,29-30,35-36,41-48H2,1-2H3,(H2,54,55,56)/b21-19+,22-20+,27-25+,28-26+,33-31+,34-32+,39-37+,40-38+/t49-/m1/s1. The van der Waals surface area contributed by atoms with Gasteiger partial charge >= 0.3 is 19.8 Å². The lowest BCUT2D eigenvalue weighted by atomic mass is 10.1. The number of carbonyl (C=O) groups excluding carboxylic acids is 2. The van der Waals surface area contributed by atoms with E-state index in [-0.39, 0.29) is 19.4 Å². The van der Waals surface area contributed by atoms with Crippen LogP contribution >= 0.6 is 7.82 Å². The smallest absolute Gasteiger partial charge is 0.462 e. The van der Waals surface area contributed by atoms with Crippen molar-refractivity contribution < 1.29 is 37.9 Å². The highest BCUT2D eigenvalue weighted by atomic mass is 31.2. The Balaban J connectivity index is 4.09. The number of esters is 2. The third-order valence-electron chi connectivity index (χ3n) is 9.58. The van der Waals surface area contributed by atoms with E-state index >= 15 is 0 Å². The number of hydrogen-bond acceptors (Lipinski definition) is 6. The Kier molecular flexibility index (Phi) is 43.2. The summed E-state index contributed by atoms with van der Waals surface area (Å²) in [5.74, 6) is -1.02. The molecule has 0 aromatic rings. The Morgan fingerprint density at radius 1 is 0.433 bits per heavy atom. The van der Waals surface area contributed by atoms with Crippen LogP contribution in [0.15, 0.2) is 97.2 Å². The van der Waals surface area contributed by atoms with E-state index in [0.29, 0.717) is 25.7 Å². The second-order valence-corrected chi connectivity index (χ2v) is 16.6. The molecule has 0 aromatic heterocycles. The first-order valence-corrected chi connectivity index (χ1v) is 25.1. The monoisotopic (exact) mass is 857 g/mol. The highest BCUT2D eigenvalue weighted by Crippen LogP contribution is 2.36. The molecular weight excluding hydrogens is 772 g/mol. The van der Waals surface area contributed by atoms with Gasteiger partial charge in [0.1, 0.15) is 6.61 Å². The first-order chi connectivity index (χ1) is 29.3. The summed E-state index contributed by atoms with van der Waals surface area (Å²) in [4.78, 5) is 42.9. The Morgan fingerprint density at radius 3 is 1.12 bits per heavy atom. The largest absolute Gasteiger partial charge is 0.469 e. The molecule has 0 bridgehead atoms. The van der Waals surface area contributed by atoms with Crippen molar-refractivity contribution in [3.8, 4) is 0 Å². The van der Waals surface area contributed by atoms with E-state index < -0.39 is 32.5 Å². The van der Waals surface area contributed by atoms with Gasteiger partial charge in [0.2, 0.25) is 0 Å². The molecule has 9 heteroatoms. The van der Waals surface area contributed by atoms with Crippen LogP contribution in [0.5, 0.6) is 0 Å². The van der Waals surface area contributed by atoms with Gasteiger partial charge in [0.05, 0.1) is 6.61 Å². The first kappa shape index (κ1) is 57.0. The summed E-state index contributed by atoms with van der Waals surface area (Å²) in [5, 5.41) is 0. The molecule has 0 amide bonds. The number of hydrogen-bond donors (Lipinski definition) is 2. The summed E-state index contributed by atoms with van der Waals surface area (Å²) < 4.78 is 26.3. The van der Waals surface area contributed by atoms with E-state index in [1.54, 1.807) is 0 Å². The average Bonchev–Trinajstić information content (AvgIpc) is 3.22. The highest BCUT2D eigenvalue weighted by molar-refractivity contribution is 7.46. The fourth-order valence-corrected chi connectivity index (χ4v) is 6.42. The molecule has 0 saturated carbocycles. The fourth-order valence-electron chi connectivity index (χ4n) is 6.06. The molecule has 0 aliphatic rings. The fraction of sp³-hybridized carbons (Fsp3) is 0.647. The molecule has 0 spiro atoms. The number of rotatable bonds is 42. The second kappa shape index (κ2) is 45.5. The summed E-state index contributed by atoms with van der Waals surface area (Å²) in [6, 6.07) is 0. The van der Waals surface area contributed by atoms with Gasteiger partial charge in [-0.15, -0.1) is 0 Å². The minimum Gasteiger partial charge on any atom is -0.462 e. The molecule has 2 N–H and O–H groups in total. The van der Waals surface area contributed by atoms with Crippen LogP contribution in [0, 0.1) is 0 Å². The summed E-state index contributed by atoms with van der Waals surface area (Å²) in [6.45, 7) is 3.59. The molecule has 8 nitrogen and oxygen atoms in total. The number of carbonyl (C=O) groups is 2. The zero-order valence-corrected chi connectivity index (χ0v) is 38.7. The number of ether oxygens (including phenoxy) is 2. The Hall–Kier alpha value is -3.03. The van der Waals surface area contributed by atoms with Gasteiger partial charge in [0, 0.05) is 12.8 Å². The number of phosphoric ester groups is 1. The highest BCUT2D eigenvalue weighted by Gasteiger charge is 2.22. The molecule has 0 unspecified atom stereocenters. The lowest BCUT2D eigenvalue weighted by molar-refractivity contribution is -0.161. The summed E-state index contributed by atoms with van der Waals surface area (Å²) in [5.41, 5.74) is 0. The van der Waals surface area contributed by atoms with Crippen molar-refractivity contribution in [1.82, 2.24) is 0 Å². The number of phosphoric acid groups is 1. The molecule has 0 heterocycles.